The number of benzene rings is 1. The van der Waals surface area contributed by atoms with Gasteiger partial charge in [0, 0.05) is 38.6 Å². The van der Waals surface area contributed by atoms with Gasteiger partial charge in [0.05, 0.1) is 6.33 Å². The van der Waals surface area contributed by atoms with E-state index in [2.05, 4.69) is 70.2 Å². The second-order valence-corrected chi connectivity index (χ2v) is 7.00. The van der Waals surface area contributed by atoms with Gasteiger partial charge in [-0.15, -0.1) is 24.0 Å². The topological polar surface area (TPSA) is 54.2 Å². The highest BCUT2D eigenvalue weighted by Gasteiger charge is 2.06. The Balaban J connectivity index is 0.00000338. The number of hydrogen-bond acceptors (Lipinski definition) is 2. The van der Waals surface area contributed by atoms with Crippen LogP contribution in [0, 0.1) is 5.92 Å². The van der Waals surface area contributed by atoms with Crippen LogP contribution in [0.3, 0.4) is 0 Å². The van der Waals surface area contributed by atoms with Gasteiger partial charge < -0.3 is 15.2 Å². The van der Waals surface area contributed by atoms with Crippen LogP contribution in [0.15, 0.2) is 48.0 Å². The number of hydrogen-bond donors (Lipinski definition) is 2. The zero-order chi connectivity index (χ0) is 18.1. The molecular weight excluding hydrogens is 437 g/mol. The van der Waals surface area contributed by atoms with Crippen molar-refractivity contribution >= 4 is 29.9 Å². The van der Waals surface area contributed by atoms with Gasteiger partial charge in [0.2, 0.25) is 0 Å². The summed E-state index contributed by atoms with van der Waals surface area (Å²) in [5, 5.41) is 6.88. The first-order chi connectivity index (χ1) is 12.1. The normalized spacial score (nSPS) is 12.6. The highest BCUT2D eigenvalue weighted by Crippen LogP contribution is 2.08. The highest BCUT2D eigenvalue weighted by molar-refractivity contribution is 14.0. The minimum absolute atomic E-state index is 0. The van der Waals surface area contributed by atoms with Crippen LogP contribution >= 0.6 is 24.0 Å². The van der Waals surface area contributed by atoms with Crippen molar-refractivity contribution in [3.05, 3.63) is 54.1 Å². The van der Waals surface area contributed by atoms with Crippen LogP contribution in [0.4, 0.5) is 0 Å². The van der Waals surface area contributed by atoms with E-state index in [4.69, 9.17) is 0 Å². The molecule has 1 unspecified atom stereocenters. The van der Waals surface area contributed by atoms with Gasteiger partial charge >= 0.3 is 0 Å². The number of aliphatic imine (C=N–C) groups is 1. The molecule has 1 atom stereocenters. The second kappa shape index (κ2) is 11.9. The lowest BCUT2D eigenvalue weighted by Crippen LogP contribution is -2.41. The maximum absolute atomic E-state index is 4.34. The zero-order valence-corrected chi connectivity index (χ0v) is 18.6. The molecule has 1 aromatic heterocycles. The van der Waals surface area contributed by atoms with Gasteiger partial charge in [-0.2, -0.15) is 0 Å². The number of aromatic nitrogens is 2. The van der Waals surface area contributed by atoms with Gasteiger partial charge in [-0.05, 0) is 36.8 Å². The van der Waals surface area contributed by atoms with Crippen molar-refractivity contribution in [2.24, 2.45) is 10.9 Å². The molecule has 0 amide bonds. The third kappa shape index (κ3) is 8.21. The first kappa shape index (κ1) is 22.5. The summed E-state index contributed by atoms with van der Waals surface area (Å²) < 4.78 is 2.07. The SMILES string of the molecule is CN=C(NCc1cccc(Cn2ccnc2)c1)NC(C)CCC(C)C.I. The van der Waals surface area contributed by atoms with Gasteiger partial charge in [-0.25, -0.2) is 4.98 Å². The molecule has 0 fully saturated rings. The van der Waals surface area contributed by atoms with E-state index >= 15 is 0 Å². The van der Waals surface area contributed by atoms with Crippen LogP contribution in [0.25, 0.3) is 0 Å². The van der Waals surface area contributed by atoms with E-state index in [9.17, 15) is 0 Å². The van der Waals surface area contributed by atoms with Gasteiger partial charge in [0.15, 0.2) is 5.96 Å². The van der Waals surface area contributed by atoms with E-state index in [1.54, 1.807) is 0 Å². The Hall–Kier alpha value is -1.57. The fraction of sp³-hybridized carbons (Fsp3) is 0.500. The Kier molecular flexibility index (Phi) is 10.3. The number of rotatable bonds is 8. The predicted molar refractivity (Wildman–Crippen MR) is 120 cm³/mol. The molecule has 2 aromatic rings. The predicted octanol–water partition coefficient (Wildman–Crippen LogP) is 4.04. The molecule has 26 heavy (non-hydrogen) atoms. The third-order valence-electron chi connectivity index (χ3n) is 4.16. The number of nitrogens with one attached hydrogen (secondary N) is 2. The van der Waals surface area contributed by atoms with Crippen molar-refractivity contribution in [3.63, 3.8) is 0 Å². The summed E-state index contributed by atoms with van der Waals surface area (Å²) in [7, 11) is 1.82. The fourth-order valence-corrected chi connectivity index (χ4v) is 2.70. The van der Waals surface area contributed by atoms with Crippen molar-refractivity contribution < 1.29 is 0 Å². The van der Waals surface area contributed by atoms with E-state index in [1.165, 1.54) is 17.5 Å². The molecule has 0 aliphatic rings. The maximum atomic E-state index is 4.34. The van der Waals surface area contributed by atoms with E-state index in [0.29, 0.717) is 6.04 Å². The Morgan fingerprint density at radius 3 is 2.62 bits per heavy atom. The minimum Gasteiger partial charge on any atom is -0.354 e. The summed E-state index contributed by atoms with van der Waals surface area (Å²) in [6, 6.07) is 9.03. The van der Waals surface area contributed by atoms with Crippen molar-refractivity contribution in [1.29, 1.82) is 0 Å². The summed E-state index contributed by atoms with van der Waals surface area (Å²) >= 11 is 0. The standard InChI is InChI=1S/C20H31N5.HI/c1-16(2)8-9-17(3)24-20(21-4)23-13-18-6-5-7-19(12-18)14-25-11-10-22-15-25;/h5-7,10-12,15-17H,8-9,13-14H2,1-4H3,(H2,21,23,24);1H. The van der Waals surface area contributed by atoms with Crippen LogP contribution in [-0.4, -0.2) is 28.6 Å². The van der Waals surface area contributed by atoms with Crippen LogP contribution in [0.1, 0.15) is 44.7 Å². The fourth-order valence-electron chi connectivity index (χ4n) is 2.70. The quantitative estimate of drug-likeness (QED) is 0.349. The second-order valence-electron chi connectivity index (χ2n) is 7.00. The number of nitrogens with zero attached hydrogens (tertiary/aromatic N) is 3. The summed E-state index contributed by atoms with van der Waals surface area (Å²) in [5.74, 6) is 1.59. The molecule has 0 saturated heterocycles. The average molecular weight is 469 g/mol. The molecule has 0 aliphatic carbocycles. The summed E-state index contributed by atoms with van der Waals surface area (Å²) in [6.07, 6.45) is 8.01. The first-order valence-corrected chi connectivity index (χ1v) is 9.07. The number of imidazole rings is 1. The first-order valence-electron chi connectivity index (χ1n) is 9.07. The maximum Gasteiger partial charge on any atom is 0.191 e. The molecule has 0 saturated carbocycles. The zero-order valence-electron chi connectivity index (χ0n) is 16.3. The largest absolute Gasteiger partial charge is 0.354 e. The van der Waals surface area contributed by atoms with Gasteiger partial charge in [0.1, 0.15) is 0 Å². The molecule has 2 N–H and O–H groups in total. The van der Waals surface area contributed by atoms with E-state index < -0.39 is 0 Å². The Labute approximate surface area is 174 Å². The Morgan fingerprint density at radius 2 is 1.96 bits per heavy atom. The van der Waals surface area contributed by atoms with Crippen molar-refractivity contribution in [2.45, 2.75) is 52.7 Å². The number of guanidine groups is 1. The minimum atomic E-state index is 0. The molecule has 1 heterocycles. The van der Waals surface area contributed by atoms with E-state index in [-0.39, 0.29) is 24.0 Å². The Morgan fingerprint density at radius 1 is 1.19 bits per heavy atom. The molecule has 0 radical (unpaired) electrons. The van der Waals surface area contributed by atoms with Gasteiger partial charge in [0.25, 0.3) is 0 Å². The van der Waals surface area contributed by atoms with E-state index in [1.807, 2.05) is 25.8 Å². The number of halogens is 1. The lowest BCUT2D eigenvalue weighted by molar-refractivity contribution is 0.489. The third-order valence-corrected chi connectivity index (χ3v) is 4.16. The van der Waals surface area contributed by atoms with Crippen LogP contribution in [0.2, 0.25) is 0 Å². The van der Waals surface area contributed by atoms with Crippen molar-refractivity contribution in [2.75, 3.05) is 7.05 Å². The molecule has 0 spiro atoms. The van der Waals surface area contributed by atoms with Crippen molar-refractivity contribution in [1.82, 2.24) is 20.2 Å². The van der Waals surface area contributed by atoms with Gasteiger partial charge in [-0.3, -0.25) is 4.99 Å². The molecule has 5 nitrogen and oxygen atoms in total. The monoisotopic (exact) mass is 469 g/mol. The summed E-state index contributed by atoms with van der Waals surface area (Å²) in [6.45, 7) is 8.33. The van der Waals surface area contributed by atoms with Crippen LogP contribution in [0.5, 0.6) is 0 Å². The molecular formula is C20H32IN5. The van der Waals surface area contributed by atoms with Crippen molar-refractivity contribution in [3.8, 4) is 0 Å². The van der Waals surface area contributed by atoms with Gasteiger partial charge in [-0.1, -0.05) is 38.1 Å². The molecule has 0 aliphatic heterocycles. The summed E-state index contributed by atoms with van der Waals surface area (Å²) in [4.78, 5) is 8.43. The molecule has 2 rings (SSSR count). The lowest BCUT2D eigenvalue weighted by Gasteiger charge is -2.19. The highest BCUT2D eigenvalue weighted by atomic mass is 127. The molecule has 6 heteroatoms. The average Bonchev–Trinajstić information content (AvgIpc) is 3.10. The van der Waals surface area contributed by atoms with E-state index in [0.717, 1.165) is 31.4 Å². The van der Waals surface area contributed by atoms with Crippen LogP contribution < -0.4 is 10.6 Å². The molecule has 1 aromatic carbocycles. The smallest absolute Gasteiger partial charge is 0.191 e. The lowest BCUT2D eigenvalue weighted by atomic mass is 10.0. The molecule has 0 bridgehead atoms. The summed E-state index contributed by atoms with van der Waals surface area (Å²) in [5.41, 5.74) is 2.51. The Bertz CT molecular complexity index is 652. The van der Waals surface area contributed by atoms with Crippen LogP contribution in [-0.2, 0) is 13.1 Å². The molecule has 144 valence electrons.